The van der Waals surface area contributed by atoms with Crippen LogP contribution in [-0.2, 0) is 0 Å². The lowest BCUT2D eigenvalue weighted by Gasteiger charge is -2.31. The number of thiol groups is 1. The molecule has 0 aliphatic carbocycles. The topological polar surface area (TPSA) is 32.3 Å². The molecule has 1 aliphatic rings. The summed E-state index contributed by atoms with van der Waals surface area (Å²) in [5, 5.41) is 3.04. The second kappa shape index (κ2) is 6.96. The fourth-order valence-corrected chi connectivity index (χ4v) is 2.77. The van der Waals surface area contributed by atoms with Gasteiger partial charge in [-0.05, 0) is 50.5 Å². The van der Waals surface area contributed by atoms with Crippen molar-refractivity contribution in [2.45, 2.75) is 24.7 Å². The highest BCUT2D eigenvalue weighted by molar-refractivity contribution is 7.80. The molecule has 0 aromatic heterocycles. The maximum atomic E-state index is 12.1. The van der Waals surface area contributed by atoms with E-state index in [0.717, 1.165) is 31.1 Å². The number of amides is 1. The van der Waals surface area contributed by atoms with Gasteiger partial charge in [-0.2, -0.15) is 0 Å². The maximum Gasteiger partial charge on any atom is 0.252 e. The molecule has 0 unspecified atom stereocenters. The summed E-state index contributed by atoms with van der Waals surface area (Å²) in [6.45, 7) is 6.41. The first kappa shape index (κ1) is 14.4. The van der Waals surface area contributed by atoms with E-state index in [1.54, 1.807) is 0 Å². The highest BCUT2D eigenvalue weighted by atomic mass is 32.1. The molecule has 19 heavy (non-hydrogen) atoms. The van der Waals surface area contributed by atoms with Crippen LogP contribution < -0.4 is 5.32 Å². The van der Waals surface area contributed by atoms with Gasteiger partial charge in [-0.1, -0.05) is 19.1 Å². The van der Waals surface area contributed by atoms with E-state index in [2.05, 4.69) is 29.8 Å². The summed E-state index contributed by atoms with van der Waals surface area (Å²) in [6, 6.07) is 7.42. The Morgan fingerprint density at radius 1 is 1.37 bits per heavy atom. The van der Waals surface area contributed by atoms with Crippen LogP contribution in [0, 0.1) is 5.92 Å². The van der Waals surface area contributed by atoms with E-state index in [-0.39, 0.29) is 5.91 Å². The van der Waals surface area contributed by atoms with Crippen LogP contribution in [0.1, 0.15) is 30.1 Å². The Hall–Kier alpha value is -1.00. The van der Waals surface area contributed by atoms with Crippen LogP contribution in [0.5, 0.6) is 0 Å². The zero-order chi connectivity index (χ0) is 13.7. The van der Waals surface area contributed by atoms with Crippen molar-refractivity contribution in [3.63, 3.8) is 0 Å². The molecule has 1 heterocycles. The van der Waals surface area contributed by atoms with Gasteiger partial charge in [0.1, 0.15) is 0 Å². The second-order valence-corrected chi connectivity index (χ2v) is 5.59. The van der Waals surface area contributed by atoms with Crippen LogP contribution in [0.25, 0.3) is 0 Å². The minimum Gasteiger partial charge on any atom is -0.352 e. The molecule has 0 atom stereocenters. The molecule has 3 nitrogen and oxygen atoms in total. The number of nitrogens with one attached hydrogen (secondary N) is 1. The van der Waals surface area contributed by atoms with Crippen molar-refractivity contribution < 1.29 is 4.79 Å². The number of hydrogen-bond acceptors (Lipinski definition) is 3. The first-order chi connectivity index (χ1) is 9.20. The molecule has 0 radical (unpaired) electrons. The molecule has 1 aliphatic heterocycles. The molecule has 1 aromatic carbocycles. The average Bonchev–Trinajstić information content (AvgIpc) is 2.46. The normalized spacial score (nSPS) is 17.4. The lowest BCUT2D eigenvalue weighted by atomic mass is 9.97. The zero-order valence-corrected chi connectivity index (χ0v) is 12.3. The van der Waals surface area contributed by atoms with E-state index in [0.29, 0.717) is 11.5 Å². The summed E-state index contributed by atoms with van der Waals surface area (Å²) in [4.78, 5) is 15.3. The number of carbonyl (C=O) groups excluding carboxylic acids is 1. The molecule has 0 spiro atoms. The monoisotopic (exact) mass is 278 g/mol. The van der Waals surface area contributed by atoms with E-state index < -0.39 is 0 Å². The summed E-state index contributed by atoms with van der Waals surface area (Å²) >= 11 is 4.31. The average molecular weight is 278 g/mol. The number of benzene rings is 1. The minimum atomic E-state index is -0.0106. The van der Waals surface area contributed by atoms with Crippen LogP contribution >= 0.6 is 12.6 Å². The van der Waals surface area contributed by atoms with Gasteiger partial charge in [0.05, 0.1) is 5.56 Å². The molecule has 4 heteroatoms. The molecule has 1 amide bonds. The summed E-state index contributed by atoms with van der Waals surface area (Å²) in [7, 11) is 0. The minimum absolute atomic E-state index is 0.0106. The highest BCUT2D eigenvalue weighted by Gasteiger charge is 2.19. The summed E-state index contributed by atoms with van der Waals surface area (Å²) in [5.41, 5.74) is 0.664. The fourth-order valence-electron chi connectivity index (χ4n) is 2.50. The third-order valence-electron chi connectivity index (χ3n) is 3.85. The number of rotatable bonds is 4. The molecule has 1 aromatic rings. The van der Waals surface area contributed by atoms with Gasteiger partial charge in [0.2, 0.25) is 0 Å². The zero-order valence-electron chi connectivity index (χ0n) is 11.4. The largest absolute Gasteiger partial charge is 0.352 e. The van der Waals surface area contributed by atoms with E-state index in [9.17, 15) is 4.79 Å². The smallest absolute Gasteiger partial charge is 0.252 e. The third kappa shape index (κ3) is 3.98. The lowest BCUT2D eigenvalue weighted by Crippen LogP contribution is -2.38. The number of hydrogen-bond donors (Lipinski definition) is 2. The SMILES string of the molecule is CCN1CCC(CNC(=O)c2ccccc2S)CC1. The lowest BCUT2D eigenvalue weighted by molar-refractivity contribution is 0.0934. The van der Waals surface area contributed by atoms with E-state index in [4.69, 9.17) is 0 Å². The van der Waals surface area contributed by atoms with Gasteiger partial charge < -0.3 is 10.2 Å². The molecule has 0 bridgehead atoms. The molecule has 2 rings (SSSR count). The quantitative estimate of drug-likeness (QED) is 0.829. The van der Waals surface area contributed by atoms with Crippen molar-refractivity contribution in [1.82, 2.24) is 10.2 Å². The summed E-state index contributed by atoms with van der Waals surface area (Å²) < 4.78 is 0. The van der Waals surface area contributed by atoms with Crippen molar-refractivity contribution in [3.8, 4) is 0 Å². The number of carbonyl (C=O) groups is 1. The van der Waals surface area contributed by atoms with E-state index >= 15 is 0 Å². The van der Waals surface area contributed by atoms with Crippen LogP contribution in [0.3, 0.4) is 0 Å². The molecule has 1 saturated heterocycles. The molecular weight excluding hydrogens is 256 g/mol. The van der Waals surface area contributed by atoms with Gasteiger partial charge in [0, 0.05) is 11.4 Å². The van der Waals surface area contributed by atoms with Gasteiger partial charge in [-0.3, -0.25) is 4.79 Å². The Morgan fingerprint density at radius 3 is 2.68 bits per heavy atom. The Kier molecular flexibility index (Phi) is 5.28. The molecule has 0 saturated carbocycles. The fraction of sp³-hybridized carbons (Fsp3) is 0.533. The molecule has 104 valence electrons. The number of likely N-dealkylation sites (tertiary alicyclic amines) is 1. The highest BCUT2D eigenvalue weighted by Crippen LogP contribution is 2.17. The van der Waals surface area contributed by atoms with Crippen molar-refractivity contribution >= 4 is 18.5 Å². The van der Waals surface area contributed by atoms with Gasteiger partial charge in [0.15, 0.2) is 0 Å². The third-order valence-corrected chi connectivity index (χ3v) is 4.24. The Morgan fingerprint density at radius 2 is 2.05 bits per heavy atom. The first-order valence-electron chi connectivity index (χ1n) is 6.99. The van der Waals surface area contributed by atoms with Gasteiger partial charge in [-0.15, -0.1) is 12.6 Å². The Balaban J connectivity index is 1.80. The van der Waals surface area contributed by atoms with Gasteiger partial charge in [-0.25, -0.2) is 0 Å². The Labute approximate surface area is 120 Å². The van der Waals surface area contributed by atoms with Gasteiger partial charge in [0.25, 0.3) is 5.91 Å². The van der Waals surface area contributed by atoms with Crippen LogP contribution in [0.2, 0.25) is 0 Å². The molecule has 1 N–H and O–H groups in total. The summed E-state index contributed by atoms with van der Waals surface area (Å²) in [6.07, 6.45) is 2.35. The van der Waals surface area contributed by atoms with Gasteiger partial charge >= 0.3 is 0 Å². The van der Waals surface area contributed by atoms with E-state index in [1.165, 1.54) is 12.8 Å². The number of piperidine rings is 1. The van der Waals surface area contributed by atoms with Crippen LogP contribution in [-0.4, -0.2) is 37.0 Å². The predicted octanol–water partition coefficient (Wildman–Crippen LogP) is 2.44. The van der Waals surface area contributed by atoms with Crippen molar-refractivity contribution in [3.05, 3.63) is 29.8 Å². The van der Waals surface area contributed by atoms with Crippen LogP contribution in [0.4, 0.5) is 0 Å². The molecular formula is C15H22N2OS. The molecule has 1 fully saturated rings. The Bertz CT molecular complexity index is 428. The van der Waals surface area contributed by atoms with E-state index in [1.807, 2.05) is 24.3 Å². The second-order valence-electron chi connectivity index (χ2n) is 5.10. The standard InChI is InChI=1S/C15H22N2OS/c1-2-17-9-7-12(8-10-17)11-16-15(18)13-5-3-4-6-14(13)19/h3-6,12,19H,2,7-11H2,1H3,(H,16,18). The van der Waals surface area contributed by atoms with Crippen molar-refractivity contribution in [2.24, 2.45) is 5.92 Å². The van der Waals surface area contributed by atoms with Crippen LogP contribution in [0.15, 0.2) is 29.2 Å². The summed E-state index contributed by atoms with van der Waals surface area (Å²) in [5.74, 6) is 0.599. The maximum absolute atomic E-state index is 12.1. The first-order valence-corrected chi connectivity index (χ1v) is 7.44. The predicted molar refractivity (Wildman–Crippen MR) is 80.9 cm³/mol. The number of nitrogens with zero attached hydrogens (tertiary/aromatic N) is 1. The van der Waals surface area contributed by atoms with Crippen molar-refractivity contribution in [1.29, 1.82) is 0 Å². The van der Waals surface area contributed by atoms with Crippen molar-refractivity contribution in [2.75, 3.05) is 26.2 Å².